The lowest BCUT2D eigenvalue weighted by atomic mass is 9.99. The maximum absolute atomic E-state index is 10.2. The van der Waals surface area contributed by atoms with Crippen molar-refractivity contribution in [3.63, 3.8) is 0 Å². The van der Waals surface area contributed by atoms with E-state index in [-0.39, 0.29) is 6.10 Å². The molecule has 1 aromatic heterocycles. The van der Waals surface area contributed by atoms with Crippen LogP contribution in [-0.2, 0) is 0 Å². The molecule has 1 saturated heterocycles. The number of piperidine rings is 1. The number of aliphatic hydroxyl groups excluding tert-OH is 1. The van der Waals surface area contributed by atoms with E-state index in [2.05, 4.69) is 16.8 Å². The number of thiazole rings is 1. The monoisotopic (exact) mass is 268 g/mol. The average molecular weight is 268 g/mol. The molecule has 0 radical (unpaired) electrons. The molecule has 0 amide bonds. The molecular formula is C14H24N2OS. The average Bonchev–Trinajstić information content (AvgIpc) is 2.67. The summed E-state index contributed by atoms with van der Waals surface area (Å²) in [5.41, 5.74) is 0.997. The number of aliphatic hydroxyl groups is 1. The molecule has 2 heterocycles. The molecule has 102 valence electrons. The molecule has 0 spiro atoms. The standard InChI is InChI=1S/C14H24N2OS/c1-10-4-7-16(8-5-10)9-6-13(17)14-11(2)15-12(3)18-14/h10,13,17H,4-9H2,1-3H3. The first-order valence-electron chi connectivity index (χ1n) is 6.90. The summed E-state index contributed by atoms with van der Waals surface area (Å²) >= 11 is 1.63. The number of likely N-dealkylation sites (tertiary alicyclic amines) is 1. The number of nitrogens with zero attached hydrogens (tertiary/aromatic N) is 2. The van der Waals surface area contributed by atoms with Gasteiger partial charge in [-0.3, -0.25) is 0 Å². The van der Waals surface area contributed by atoms with E-state index in [1.807, 2.05) is 13.8 Å². The number of rotatable bonds is 4. The van der Waals surface area contributed by atoms with Gasteiger partial charge in [-0.1, -0.05) is 6.92 Å². The van der Waals surface area contributed by atoms with E-state index in [1.165, 1.54) is 25.9 Å². The van der Waals surface area contributed by atoms with E-state index in [4.69, 9.17) is 0 Å². The summed E-state index contributed by atoms with van der Waals surface area (Å²) in [6.07, 6.45) is 3.09. The van der Waals surface area contributed by atoms with E-state index in [0.717, 1.165) is 34.5 Å². The lowest BCUT2D eigenvalue weighted by molar-refractivity contribution is 0.127. The third kappa shape index (κ3) is 3.53. The maximum Gasteiger partial charge on any atom is 0.0913 e. The summed E-state index contributed by atoms with van der Waals surface area (Å²) in [7, 11) is 0. The number of hydrogen-bond donors (Lipinski definition) is 1. The number of hydrogen-bond acceptors (Lipinski definition) is 4. The van der Waals surface area contributed by atoms with E-state index in [9.17, 15) is 5.11 Å². The Hall–Kier alpha value is -0.450. The molecule has 0 aliphatic carbocycles. The quantitative estimate of drug-likeness (QED) is 0.912. The Morgan fingerprint density at radius 2 is 2.06 bits per heavy atom. The van der Waals surface area contributed by atoms with Gasteiger partial charge >= 0.3 is 0 Å². The van der Waals surface area contributed by atoms with Gasteiger partial charge in [-0.25, -0.2) is 4.98 Å². The van der Waals surface area contributed by atoms with Crippen molar-refractivity contribution in [3.05, 3.63) is 15.6 Å². The minimum atomic E-state index is -0.337. The summed E-state index contributed by atoms with van der Waals surface area (Å²) < 4.78 is 0. The Kier molecular flexibility index (Phi) is 4.76. The van der Waals surface area contributed by atoms with Crippen molar-refractivity contribution < 1.29 is 5.11 Å². The van der Waals surface area contributed by atoms with Crippen molar-refractivity contribution in [1.29, 1.82) is 0 Å². The Balaban J connectivity index is 1.81. The summed E-state index contributed by atoms with van der Waals surface area (Å²) in [6.45, 7) is 9.70. The van der Waals surface area contributed by atoms with Gasteiger partial charge in [-0.2, -0.15) is 0 Å². The molecule has 3 nitrogen and oxygen atoms in total. The molecule has 1 fully saturated rings. The zero-order valence-electron chi connectivity index (χ0n) is 11.6. The van der Waals surface area contributed by atoms with Crippen LogP contribution in [0.2, 0.25) is 0 Å². The second-order valence-corrected chi connectivity index (χ2v) is 6.75. The summed E-state index contributed by atoms with van der Waals surface area (Å²) in [4.78, 5) is 7.91. The summed E-state index contributed by atoms with van der Waals surface area (Å²) in [6, 6.07) is 0. The van der Waals surface area contributed by atoms with Crippen molar-refractivity contribution in [2.45, 2.75) is 46.1 Å². The van der Waals surface area contributed by atoms with Crippen molar-refractivity contribution >= 4 is 11.3 Å². The van der Waals surface area contributed by atoms with E-state index < -0.39 is 0 Å². The Bertz CT molecular complexity index is 383. The molecular weight excluding hydrogens is 244 g/mol. The first-order chi connectivity index (χ1) is 8.56. The van der Waals surface area contributed by atoms with Crippen LogP contribution in [0.3, 0.4) is 0 Å². The van der Waals surface area contributed by atoms with Crippen LogP contribution in [0.5, 0.6) is 0 Å². The molecule has 18 heavy (non-hydrogen) atoms. The third-order valence-electron chi connectivity index (χ3n) is 3.84. The fourth-order valence-electron chi connectivity index (χ4n) is 2.58. The molecule has 1 unspecified atom stereocenters. The van der Waals surface area contributed by atoms with Crippen molar-refractivity contribution in [3.8, 4) is 0 Å². The van der Waals surface area contributed by atoms with Crippen LogP contribution >= 0.6 is 11.3 Å². The molecule has 4 heteroatoms. The smallest absolute Gasteiger partial charge is 0.0913 e. The van der Waals surface area contributed by atoms with Gasteiger partial charge in [0.2, 0.25) is 0 Å². The van der Waals surface area contributed by atoms with Crippen LogP contribution in [-0.4, -0.2) is 34.6 Å². The normalized spacial score (nSPS) is 20.2. The molecule has 2 rings (SSSR count). The third-order valence-corrected chi connectivity index (χ3v) is 5.01. The second-order valence-electron chi connectivity index (χ2n) is 5.51. The Morgan fingerprint density at radius 1 is 1.39 bits per heavy atom. The SMILES string of the molecule is Cc1nc(C)c(C(O)CCN2CCC(C)CC2)s1. The molecule has 0 aromatic carbocycles. The van der Waals surface area contributed by atoms with Gasteiger partial charge in [0.15, 0.2) is 0 Å². The lowest BCUT2D eigenvalue weighted by Crippen LogP contribution is -2.34. The topological polar surface area (TPSA) is 36.4 Å². The highest BCUT2D eigenvalue weighted by Crippen LogP contribution is 2.27. The molecule has 1 N–H and O–H groups in total. The molecule has 1 aliphatic rings. The van der Waals surface area contributed by atoms with Crippen LogP contribution in [0, 0.1) is 19.8 Å². The van der Waals surface area contributed by atoms with Crippen LogP contribution in [0.1, 0.15) is 47.9 Å². The predicted molar refractivity (Wildman–Crippen MR) is 76.0 cm³/mol. The fourth-order valence-corrected chi connectivity index (χ4v) is 3.53. The van der Waals surface area contributed by atoms with Gasteiger partial charge < -0.3 is 10.0 Å². The highest BCUT2D eigenvalue weighted by atomic mass is 32.1. The van der Waals surface area contributed by atoms with Crippen LogP contribution < -0.4 is 0 Å². The minimum absolute atomic E-state index is 0.337. The van der Waals surface area contributed by atoms with E-state index >= 15 is 0 Å². The minimum Gasteiger partial charge on any atom is -0.387 e. The molecule has 0 bridgehead atoms. The summed E-state index contributed by atoms with van der Waals surface area (Å²) in [5, 5.41) is 11.3. The zero-order valence-corrected chi connectivity index (χ0v) is 12.5. The Morgan fingerprint density at radius 3 is 2.61 bits per heavy atom. The predicted octanol–water partition coefficient (Wildman–Crippen LogP) is 2.92. The number of aromatic nitrogens is 1. The lowest BCUT2D eigenvalue weighted by Gasteiger charge is -2.30. The van der Waals surface area contributed by atoms with Gasteiger partial charge in [0.05, 0.1) is 21.7 Å². The zero-order chi connectivity index (χ0) is 13.1. The van der Waals surface area contributed by atoms with Gasteiger partial charge in [-0.05, 0) is 52.1 Å². The largest absolute Gasteiger partial charge is 0.387 e. The van der Waals surface area contributed by atoms with Gasteiger partial charge in [0.1, 0.15) is 0 Å². The summed E-state index contributed by atoms with van der Waals surface area (Å²) in [5.74, 6) is 0.873. The van der Waals surface area contributed by atoms with Crippen LogP contribution in [0.4, 0.5) is 0 Å². The second kappa shape index (κ2) is 6.13. The fraction of sp³-hybridized carbons (Fsp3) is 0.786. The number of aryl methyl sites for hydroxylation is 2. The van der Waals surface area contributed by atoms with Crippen LogP contribution in [0.15, 0.2) is 0 Å². The van der Waals surface area contributed by atoms with Crippen molar-refractivity contribution in [1.82, 2.24) is 9.88 Å². The van der Waals surface area contributed by atoms with Crippen molar-refractivity contribution in [2.24, 2.45) is 5.92 Å². The van der Waals surface area contributed by atoms with E-state index in [1.54, 1.807) is 11.3 Å². The van der Waals surface area contributed by atoms with Crippen LogP contribution in [0.25, 0.3) is 0 Å². The molecule has 1 aliphatic heterocycles. The maximum atomic E-state index is 10.2. The van der Waals surface area contributed by atoms with Gasteiger partial charge in [0.25, 0.3) is 0 Å². The first kappa shape index (κ1) is 14.0. The van der Waals surface area contributed by atoms with Gasteiger partial charge in [-0.15, -0.1) is 11.3 Å². The highest BCUT2D eigenvalue weighted by molar-refractivity contribution is 7.11. The highest BCUT2D eigenvalue weighted by Gasteiger charge is 2.19. The molecule has 1 aromatic rings. The molecule has 0 saturated carbocycles. The molecule has 1 atom stereocenters. The van der Waals surface area contributed by atoms with Crippen molar-refractivity contribution in [2.75, 3.05) is 19.6 Å². The van der Waals surface area contributed by atoms with E-state index in [0.29, 0.717) is 0 Å². The van der Waals surface area contributed by atoms with Gasteiger partial charge in [0, 0.05) is 6.54 Å². The first-order valence-corrected chi connectivity index (χ1v) is 7.72. The Labute approximate surface area is 114 Å².